The molecule has 0 radical (unpaired) electrons. The molecule has 0 spiro atoms. The van der Waals surface area contributed by atoms with Crippen molar-refractivity contribution in [2.75, 3.05) is 19.8 Å². The third kappa shape index (κ3) is 7.86. The van der Waals surface area contributed by atoms with Crippen LogP contribution in [0.25, 0.3) is 0 Å². The Balaban J connectivity index is 2.98. The molecule has 0 saturated heterocycles. The zero-order valence-electron chi connectivity index (χ0n) is 18.8. The summed E-state index contributed by atoms with van der Waals surface area (Å²) in [4.78, 5) is 20.2. The van der Waals surface area contributed by atoms with Crippen LogP contribution in [0.15, 0.2) is 22.7 Å². The molecule has 0 amide bonds. The monoisotopic (exact) mass is 443 g/mol. The van der Waals surface area contributed by atoms with Crippen molar-refractivity contribution in [2.45, 2.75) is 65.3 Å². The first kappa shape index (κ1) is 26.4. The quantitative estimate of drug-likeness (QED) is 0.144. The molecule has 0 bridgehead atoms. The summed E-state index contributed by atoms with van der Waals surface area (Å²) >= 11 is 0. The van der Waals surface area contributed by atoms with Crippen LogP contribution in [0.2, 0.25) is 0 Å². The predicted molar refractivity (Wildman–Crippen MR) is 114 cm³/mol. The normalized spacial score (nSPS) is 14.6. The van der Waals surface area contributed by atoms with E-state index in [4.69, 9.17) is 14.8 Å². The lowest BCUT2D eigenvalue weighted by atomic mass is 9.99. The number of hydrogen-bond acceptors (Lipinski definition) is 11. The molecule has 0 aliphatic heterocycles. The molecule has 1 rings (SSSR count). The average molecular weight is 444 g/mol. The van der Waals surface area contributed by atoms with Gasteiger partial charge in [0, 0.05) is 13.2 Å². The van der Waals surface area contributed by atoms with E-state index in [-0.39, 0.29) is 25.6 Å². The zero-order valence-corrected chi connectivity index (χ0v) is 18.8. The van der Waals surface area contributed by atoms with E-state index in [1.165, 1.54) is 17.0 Å². The van der Waals surface area contributed by atoms with Crippen LogP contribution < -0.4 is 10.8 Å². The highest BCUT2D eigenvalue weighted by atomic mass is 16.7. The number of nitrogens with one attached hydrogen (secondary N) is 2. The van der Waals surface area contributed by atoms with Gasteiger partial charge in [0.15, 0.2) is 0 Å². The highest BCUT2D eigenvalue weighted by Gasteiger charge is 2.30. The molecule has 4 N–H and O–H groups in total. The summed E-state index contributed by atoms with van der Waals surface area (Å²) in [5.41, 5.74) is 2.10. The number of rotatable bonds is 14. The van der Waals surface area contributed by atoms with Crippen molar-refractivity contribution in [1.82, 2.24) is 20.3 Å². The smallest absolute Gasteiger partial charge is 0.411 e. The van der Waals surface area contributed by atoms with Gasteiger partial charge in [-0.05, 0) is 46.5 Å². The molecule has 0 aliphatic rings. The number of ether oxygens (including phenoxy) is 1. The third-order valence-electron chi connectivity index (χ3n) is 4.85. The van der Waals surface area contributed by atoms with Gasteiger partial charge in [0.1, 0.15) is 30.8 Å². The van der Waals surface area contributed by atoms with Crippen molar-refractivity contribution in [3.63, 3.8) is 0 Å². The molecule has 31 heavy (non-hydrogen) atoms. The van der Waals surface area contributed by atoms with Crippen LogP contribution >= 0.6 is 0 Å². The van der Waals surface area contributed by atoms with E-state index in [2.05, 4.69) is 26.1 Å². The van der Waals surface area contributed by atoms with Gasteiger partial charge in [0.25, 0.3) is 0 Å². The fourth-order valence-electron chi connectivity index (χ4n) is 2.42. The second-order valence-electron chi connectivity index (χ2n) is 7.98. The Hall–Kier alpha value is -2.61. The Kier molecular flexibility index (Phi) is 9.97. The Labute approximate surface area is 181 Å². The number of aromatic nitrogens is 2. The fraction of sp³-hybridized carbons (Fsp3) is 0.722. The van der Waals surface area contributed by atoms with E-state index in [1.54, 1.807) is 20.8 Å². The number of nitro groups is 1. The lowest BCUT2D eigenvalue weighted by molar-refractivity contribution is -0.397. The van der Waals surface area contributed by atoms with E-state index >= 15 is 0 Å². The Morgan fingerprint density at radius 3 is 2.55 bits per heavy atom. The van der Waals surface area contributed by atoms with Crippen LogP contribution in [-0.4, -0.2) is 73.3 Å². The van der Waals surface area contributed by atoms with Crippen molar-refractivity contribution in [2.24, 2.45) is 10.3 Å². The van der Waals surface area contributed by atoms with Gasteiger partial charge < -0.3 is 30.6 Å². The minimum Gasteiger partial charge on any atom is -0.411 e. The second kappa shape index (κ2) is 11.7. The van der Waals surface area contributed by atoms with Gasteiger partial charge in [-0.15, -0.1) is 0 Å². The van der Waals surface area contributed by atoms with Crippen LogP contribution in [0.5, 0.6) is 0 Å². The highest BCUT2D eigenvalue weighted by molar-refractivity contribution is 5.93. The molecule has 0 fully saturated rings. The van der Waals surface area contributed by atoms with Crippen molar-refractivity contribution >= 4 is 17.4 Å². The first-order valence-electron chi connectivity index (χ1n) is 9.80. The summed E-state index contributed by atoms with van der Waals surface area (Å²) in [6.07, 6.45) is 2.22. The van der Waals surface area contributed by atoms with E-state index < -0.39 is 22.1 Å². The lowest BCUT2D eigenvalue weighted by Gasteiger charge is -2.31. The largest absolute Gasteiger partial charge is 0.434 e. The fourth-order valence-corrected chi connectivity index (χ4v) is 2.42. The van der Waals surface area contributed by atoms with Gasteiger partial charge in [0.2, 0.25) is 0 Å². The summed E-state index contributed by atoms with van der Waals surface area (Å²) in [6, 6.07) is 0. The summed E-state index contributed by atoms with van der Waals surface area (Å²) < 4.78 is 6.68. The van der Waals surface area contributed by atoms with Crippen molar-refractivity contribution in [3.8, 4) is 0 Å². The molecular weight excluding hydrogens is 410 g/mol. The first-order chi connectivity index (χ1) is 14.5. The van der Waals surface area contributed by atoms with Crippen LogP contribution in [0.1, 0.15) is 41.5 Å². The number of nitrogens with zero attached hydrogens (tertiary/aromatic N) is 5. The summed E-state index contributed by atoms with van der Waals surface area (Å²) in [7, 11) is 0. The average Bonchev–Trinajstić information content (AvgIpc) is 3.18. The molecular formula is C18H33N7O6. The van der Waals surface area contributed by atoms with E-state index in [9.17, 15) is 15.3 Å². The van der Waals surface area contributed by atoms with Crippen LogP contribution in [-0.2, 0) is 16.1 Å². The molecule has 13 nitrogen and oxygen atoms in total. The molecule has 1 aromatic rings. The van der Waals surface area contributed by atoms with Crippen molar-refractivity contribution < 1.29 is 24.9 Å². The maximum Gasteiger partial charge on any atom is 0.434 e. The summed E-state index contributed by atoms with van der Waals surface area (Å²) in [6.45, 7) is 11.6. The molecule has 0 saturated carbocycles. The molecule has 1 unspecified atom stereocenters. The topological polar surface area (TPSA) is 169 Å². The predicted octanol–water partition coefficient (Wildman–Crippen LogP) is 1.54. The van der Waals surface area contributed by atoms with Crippen LogP contribution in [0, 0.1) is 10.1 Å². The number of hydrogen-bond donors (Lipinski definition) is 4. The summed E-state index contributed by atoms with van der Waals surface area (Å²) in [5.74, 6) is -0.311. The highest BCUT2D eigenvalue weighted by Crippen LogP contribution is 2.13. The first-order valence-corrected chi connectivity index (χ1v) is 9.80. The molecule has 176 valence electrons. The van der Waals surface area contributed by atoms with Crippen molar-refractivity contribution in [1.29, 1.82) is 0 Å². The number of hydroxylamine groups is 1. The van der Waals surface area contributed by atoms with Crippen molar-refractivity contribution in [3.05, 3.63) is 22.5 Å². The van der Waals surface area contributed by atoms with E-state index in [1.807, 2.05) is 20.8 Å². The molecule has 0 aromatic carbocycles. The zero-order chi connectivity index (χ0) is 23.7. The number of imidazole rings is 1. The summed E-state index contributed by atoms with van der Waals surface area (Å²) in [5, 5.41) is 39.4. The molecule has 1 heterocycles. The molecule has 1 atom stereocenters. The van der Waals surface area contributed by atoms with Gasteiger partial charge in [0.05, 0.1) is 23.4 Å². The van der Waals surface area contributed by atoms with Gasteiger partial charge >= 0.3 is 5.95 Å². The molecule has 13 heteroatoms. The van der Waals surface area contributed by atoms with Gasteiger partial charge in [-0.1, -0.05) is 15.3 Å². The lowest BCUT2D eigenvalue weighted by Crippen LogP contribution is -2.54. The third-order valence-corrected chi connectivity index (χ3v) is 4.85. The minimum atomic E-state index is -0.888. The Morgan fingerprint density at radius 1 is 1.32 bits per heavy atom. The van der Waals surface area contributed by atoms with Gasteiger partial charge in [-0.25, -0.2) is 4.57 Å². The number of oxime groups is 2. The Bertz CT molecular complexity index is 775. The maximum absolute atomic E-state index is 11.2. The molecule has 1 aromatic heterocycles. The SMILES string of the molecule is CCOC/C(=N\O)C(C)(C)NOC(CNC(C)(C)/C(C)=N/O)Cn1ccnc1[N+](=O)[O-]. The van der Waals surface area contributed by atoms with Crippen LogP contribution in [0.4, 0.5) is 5.95 Å². The second-order valence-corrected chi connectivity index (χ2v) is 7.98. The van der Waals surface area contributed by atoms with Gasteiger partial charge in [-0.3, -0.25) is 4.84 Å². The van der Waals surface area contributed by atoms with Gasteiger partial charge in [-0.2, -0.15) is 5.48 Å². The molecule has 0 aliphatic carbocycles. The van der Waals surface area contributed by atoms with E-state index in [0.717, 1.165) is 0 Å². The Morgan fingerprint density at radius 2 is 2.00 bits per heavy atom. The maximum atomic E-state index is 11.2. The standard InChI is InChI=1S/C18H33N7O6/c1-7-30-12-15(22-27)18(5,6)23-31-14(10-20-17(3,4)13(2)21-26)11-24-9-8-19-16(24)25(28)29/h8-9,14,20,23,26-27H,7,10-12H2,1-6H3/b21-13+,22-15+. The minimum absolute atomic E-state index is 0.103. The van der Waals surface area contributed by atoms with Crippen LogP contribution in [0.3, 0.4) is 0 Å². The van der Waals surface area contributed by atoms with E-state index in [0.29, 0.717) is 18.0 Å².